The van der Waals surface area contributed by atoms with Gasteiger partial charge in [-0.3, -0.25) is 4.98 Å². The molecule has 106 valence electrons. The number of nitrogens with zero attached hydrogens (tertiary/aromatic N) is 1. The molecule has 1 atom stereocenters. The molecule has 0 bridgehead atoms. The molecule has 1 aromatic carbocycles. The first-order valence-corrected chi connectivity index (χ1v) is 6.58. The van der Waals surface area contributed by atoms with Crippen LogP contribution in [0.15, 0.2) is 36.4 Å². The lowest BCUT2D eigenvalue weighted by Crippen LogP contribution is -2.05. The van der Waals surface area contributed by atoms with Crippen molar-refractivity contribution in [3.8, 4) is 11.5 Å². The fraction of sp³-hybridized carbons (Fsp3) is 0.312. The third-order valence-electron chi connectivity index (χ3n) is 3.01. The van der Waals surface area contributed by atoms with Crippen LogP contribution in [0, 0.1) is 6.92 Å². The van der Waals surface area contributed by atoms with Gasteiger partial charge >= 0.3 is 0 Å². The third-order valence-corrected chi connectivity index (χ3v) is 3.01. The molecule has 20 heavy (non-hydrogen) atoms. The average molecular weight is 272 g/mol. The van der Waals surface area contributed by atoms with Crippen LogP contribution in [0.25, 0.3) is 0 Å². The molecule has 0 fully saturated rings. The second-order valence-electron chi connectivity index (χ2n) is 4.79. The summed E-state index contributed by atoms with van der Waals surface area (Å²) in [5.74, 6) is 1.60. The van der Waals surface area contributed by atoms with Crippen LogP contribution in [0.4, 0.5) is 0 Å². The highest BCUT2D eigenvalue weighted by Crippen LogP contribution is 2.18. The van der Waals surface area contributed by atoms with Gasteiger partial charge in [0.1, 0.15) is 18.1 Å². The van der Waals surface area contributed by atoms with Crippen LogP contribution in [-0.2, 0) is 6.61 Å². The standard InChI is InChI=1S/C16H20N2O2/c1-11-8-16(19-3)9-14(18-11)10-20-15-6-4-13(5-7-15)12(2)17/h4-9,12H,10,17H2,1-3H3/t12-/m0/s1. The molecule has 0 amide bonds. The molecule has 2 N–H and O–H groups in total. The van der Waals surface area contributed by atoms with Gasteiger partial charge in [-0.25, -0.2) is 0 Å². The number of benzene rings is 1. The largest absolute Gasteiger partial charge is 0.497 e. The SMILES string of the molecule is COc1cc(C)nc(COc2ccc([C@H](C)N)cc2)c1. The molecule has 0 aliphatic carbocycles. The summed E-state index contributed by atoms with van der Waals surface area (Å²) in [5.41, 5.74) is 8.66. The summed E-state index contributed by atoms with van der Waals surface area (Å²) >= 11 is 0. The van der Waals surface area contributed by atoms with E-state index in [4.69, 9.17) is 15.2 Å². The summed E-state index contributed by atoms with van der Waals surface area (Å²) in [6.45, 7) is 4.30. The molecule has 0 aliphatic heterocycles. The monoisotopic (exact) mass is 272 g/mol. The Labute approximate surface area is 119 Å². The lowest BCUT2D eigenvalue weighted by atomic mass is 10.1. The van der Waals surface area contributed by atoms with Gasteiger partial charge < -0.3 is 15.2 Å². The third kappa shape index (κ3) is 3.71. The normalized spacial score (nSPS) is 12.0. The minimum Gasteiger partial charge on any atom is -0.497 e. The molecule has 0 radical (unpaired) electrons. The molecule has 4 heteroatoms. The van der Waals surface area contributed by atoms with E-state index in [-0.39, 0.29) is 6.04 Å². The summed E-state index contributed by atoms with van der Waals surface area (Å²) in [7, 11) is 1.64. The first-order valence-electron chi connectivity index (χ1n) is 6.58. The van der Waals surface area contributed by atoms with E-state index >= 15 is 0 Å². The van der Waals surface area contributed by atoms with Crippen LogP contribution in [0.5, 0.6) is 11.5 Å². The Balaban J connectivity index is 2.03. The van der Waals surface area contributed by atoms with E-state index in [0.29, 0.717) is 6.61 Å². The minimum atomic E-state index is 0.0340. The summed E-state index contributed by atoms with van der Waals surface area (Å²) in [4.78, 5) is 4.42. The summed E-state index contributed by atoms with van der Waals surface area (Å²) < 4.78 is 10.9. The maximum Gasteiger partial charge on any atom is 0.130 e. The molecule has 1 aromatic heterocycles. The number of nitrogens with two attached hydrogens (primary N) is 1. The topological polar surface area (TPSA) is 57.4 Å². The first-order chi connectivity index (χ1) is 9.58. The first kappa shape index (κ1) is 14.3. The summed E-state index contributed by atoms with van der Waals surface area (Å²) in [5, 5.41) is 0. The van der Waals surface area contributed by atoms with Crippen LogP contribution >= 0.6 is 0 Å². The van der Waals surface area contributed by atoms with E-state index in [0.717, 1.165) is 28.5 Å². The summed E-state index contributed by atoms with van der Waals surface area (Å²) in [6, 6.07) is 11.6. The van der Waals surface area contributed by atoms with Gasteiger partial charge in [0.05, 0.1) is 12.8 Å². The molecule has 1 heterocycles. The zero-order valence-electron chi connectivity index (χ0n) is 12.1. The molecular weight excluding hydrogens is 252 g/mol. The van der Waals surface area contributed by atoms with Crippen LogP contribution < -0.4 is 15.2 Å². The molecule has 4 nitrogen and oxygen atoms in total. The summed E-state index contributed by atoms with van der Waals surface area (Å²) in [6.07, 6.45) is 0. The maximum atomic E-state index is 5.81. The van der Waals surface area contributed by atoms with Gasteiger partial charge in [0.25, 0.3) is 0 Å². The molecular formula is C16H20N2O2. The van der Waals surface area contributed by atoms with Crippen LogP contribution in [0.2, 0.25) is 0 Å². The molecule has 0 saturated heterocycles. The molecule has 0 saturated carbocycles. The lowest BCUT2D eigenvalue weighted by molar-refractivity contribution is 0.299. The van der Waals surface area contributed by atoms with Crippen molar-refractivity contribution in [1.82, 2.24) is 4.98 Å². The predicted molar refractivity (Wildman–Crippen MR) is 78.9 cm³/mol. The molecule has 2 aromatic rings. The van der Waals surface area contributed by atoms with Gasteiger partial charge in [0.2, 0.25) is 0 Å². The van der Waals surface area contributed by atoms with Gasteiger partial charge in [-0.2, -0.15) is 0 Å². The smallest absolute Gasteiger partial charge is 0.130 e. The number of aryl methyl sites for hydroxylation is 1. The van der Waals surface area contributed by atoms with Crippen molar-refractivity contribution in [1.29, 1.82) is 0 Å². The van der Waals surface area contributed by atoms with Gasteiger partial charge in [-0.1, -0.05) is 12.1 Å². The fourth-order valence-electron chi connectivity index (χ4n) is 1.92. The Hall–Kier alpha value is -2.07. The number of methoxy groups -OCH3 is 1. The zero-order chi connectivity index (χ0) is 14.5. The maximum absolute atomic E-state index is 5.81. The molecule has 0 unspecified atom stereocenters. The zero-order valence-corrected chi connectivity index (χ0v) is 12.1. The Morgan fingerprint density at radius 3 is 2.45 bits per heavy atom. The van der Waals surface area contributed by atoms with Crippen molar-refractivity contribution in [2.75, 3.05) is 7.11 Å². The molecule has 0 spiro atoms. The number of rotatable bonds is 5. The van der Waals surface area contributed by atoms with Crippen LogP contribution in [0.1, 0.15) is 29.9 Å². The second kappa shape index (κ2) is 6.39. The highest BCUT2D eigenvalue weighted by atomic mass is 16.5. The minimum absolute atomic E-state index is 0.0340. The van der Waals surface area contributed by atoms with Crippen molar-refractivity contribution in [2.24, 2.45) is 5.73 Å². The predicted octanol–water partition coefficient (Wildman–Crippen LogP) is 3.00. The van der Waals surface area contributed by atoms with Crippen LogP contribution in [0.3, 0.4) is 0 Å². The second-order valence-corrected chi connectivity index (χ2v) is 4.79. The number of hydrogen-bond donors (Lipinski definition) is 1. The van der Waals surface area contributed by atoms with Gasteiger partial charge in [-0.05, 0) is 31.5 Å². The number of aromatic nitrogens is 1. The Bertz CT molecular complexity index is 565. The lowest BCUT2D eigenvalue weighted by Gasteiger charge is -2.10. The highest BCUT2D eigenvalue weighted by molar-refractivity contribution is 5.30. The van der Waals surface area contributed by atoms with Gasteiger partial charge in [0, 0.05) is 23.9 Å². The van der Waals surface area contributed by atoms with Gasteiger partial charge in [-0.15, -0.1) is 0 Å². The Kier molecular flexibility index (Phi) is 4.58. The Morgan fingerprint density at radius 1 is 1.15 bits per heavy atom. The van der Waals surface area contributed by atoms with E-state index in [1.54, 1.807) is 7.11 Å². The van der Waals surface area contributed by atoms with Crippen molar-refractivity contribution in [3.05, 3.63) is 53.3 Å². The van der Waals surface area contributed by atoms with E-state index in [2.05, 4.69) is 4.98 Å². The van der Waals surface area contributed by atoms with E-state index < -0.39 is 0 Å². The number of ether oxygens (including phenoxy) is 2. The average Bonchev–Trinajstić information content (AvgIpc) is 2.45. The number of pyridine rings is 1. The van der Waals surface area contributed by atoms with Gasteiger partial charge in [0.15, 0.2) is 0 Å². The fourth-order valence-corrected chi connectivity index (χ4v) is 1.92. The number of hydrogen-bond acceptors (Lipinski definition) is 4. The highest BCUT2D eigenvalue weighted by Gasteiger charge is 2.03. The van der Waals surface area contributed by atoms with Crippen LogP contribution in [-0.4, -0.2) is 12.1 Å². The van der Waals surface area contributed by atoms with Crippen molar-refractivity contribution in [3.63, 3.8) is 0 Å². The Morgan fingerprint density at radius 2 is 1.85 bits per heavy atom. The van der Waals surface area contributed by atoms with Crippen molar-refractivity contribution >= 4 is 0 Å². The van der Waals surface area contributed by atoms with Crippen molar-refractivity contribution in [2.45, 2.75) is 26.5 Å². The quantitative estimate of drug-likeness (QED) is 0.909. The molecule has 0 aliphatic rings. The van der Waals surface area contributed by atoms with E-state index in [1.807, 2.05) is 50.2 Å². The van der Waals surface area contributed by atoms with Crippen molar-refractivity contribution < 1.29 is 9.47 Å². The molecule has 2 rings (SSSR count). The van der Waals surface area contributed by atoms with E-state index in [9.17, 15) is 0 Å². The van der Waals surface area contributed by atoms with E-state index in [1.165, 1.54) is 0 Å².